The summed E-state index contributed by atoms with van der Waals surface area (Å²) in [5, 5.41) is 6.03. The van der Waals surface area contributed by atoms with Crippen LogP contribution in [0.5, 0.6) is 0 Å². The minimum Gasteiger partial charge on any atom is -0.308 e. The summed E-state index contributed by atoms with van der Waals surface area (Å²) in [5.74, 6) is 0. The van der Waals surface area contributed by atoms with Crippen LogP contribution in [0.15, 0.2) is 15.9 Å². The highest BCUT2D eigenvalue weighted by atomic mass is 79.9. The predicted octanol–water partition coefficient (Wildman–Crippen LogP) is 4.54. The number of thiophene rings is 1. The Kier molecular flexibility index (Phi) is 5.14. The average molecular weight is 323 g/mol. The first-order chi connectivity index (χ1) is 7.77. The maximum Gasteiger partial charge on any atom is 0.0489 e. The Balaban J connectivity index is 1.86. The minimum atomic E-state index is 0.307. The van der Waals surface area contributed by atoms with Crippen LogP contribution in [0, 0.1) is 0 Å². The lowest BCUT2D eigenvalue weighted by Gasteiger charge is -2.20. The number of rotatable bonds is 3. The first-order valence-corrected chi connectivity index (χ1v) is 7.97. The van der Waals surface area contributed by atoms with Gasteiger partial charge in [0.1, 0.15) is 0 Å². The zero-order chi connectivity index (χ0) is 11.4. The standard InChI is InChI=1S/C12H17BrClNS/c13-9-6-7-16-12(9)8-15-11-5-3-1-2-4-10(11)14/h6-7,10-11,15H,1-5,8H2. The highest BCUT2D eigenvalue weighted by Gasteiger charge is 2.21. The lowest BCUT2D eigenvalue weighted by atomic mass is 10.1. The van der Waals surface area contributed by atoms with Crippen molar-refractivity contribution < 1.29 is 0 Å². The molecule has 0 spiro atoms. The molecule has 1 fully saturated rings. The molecule has 16 heavy (non-hydrogen) atoms. The van der Waals surface area contributed by atoms with E-state index in [1.807, 2.05) is 0 Å². The van der Waals surface area contributed by atoms with Crippen molar-refractivity contribution in [2.45, 2.75) is 50.1 Å². The quantitative estimate of drug-likeness (QED) is 0.636. The first-order valence-electron chi connectivity index (χ1n) is 5.86. The summed E-state index contributed by atoms with van der Waals surface area (Å²) < 4.78 is 1.21. The summed E-state index contributed by atoms with van der Waals surface area (Å²) in [5.41, 5.74) is 0. The van der Waals surface area contributed by atoms with Crippen molar-refractivity contribution in [3.05, 3.63) is 20.8 Å². The maximum absolute atomic E-state index is 6.40. The van der Waals surface area contributed by atoms with Gasteiger partial charge in [0.05, 0.1) is 0 Å². The van der Waals surface area contributed by atoms with Gasteiger partial charge in [-0.3, -0.25) is 0 Å². The Morgan fingerprint density at radius 2 is 2.19 bits per heavy atom. The summed E-state index contributed by atoms with van der Waals surface area (Å²) in [7, 11) is 0. The van der Waals surface area contributed by atoms with Gasteiger partial charge < -0.3 is 5.32 Å². The predicted molar refractivity (Wildman–Crippen MR) is 75.4 cm³/mol. The summed E-state index contributed by atoms with van der Waals surface area (Å²) in [4.78, 5) is 1.37. The molecular formula is C12H17BrClNS. The summed E-state index contributed by atoms with van der Waals surface area (Å²) in [6.45, 7) is 0.937. The van der Waals surface area contributed by atoms with E-state index in [1.54, 1.807) is 11.3 Å². The minimum absolute atomic E-state index is 0.307. The lowest BCUT2D eigenvalue weighted by molar-refractivity contribution is 0.466. The van der Waals surface area contributed by atoms with Gasteiger partial charge in [-0.1, -0.05) is 19.3 Å². The summed E-state index contributed by atoms with van der Waals surface area (Å²) in [6.07, 6.45) is 6.31. The molecule has 2 rings (SSSR count). The van der Waals surface area contributed by atoms with Crippen molar-refractivity contribution in [3.63, 3.8) is 0 Å². The molecule has 1 saturated carbocycles. The molecule has 2 atom stereocenters. The van der Waals surface area contributed by atoms with E-state index in [9.17, 15) is 0 Å². The third kappa shape index (κ3) is 3.46. The largest absolute Gasteiger partial charge is 0.308 e. The van der Waals surface area contributed by atoms with Gasteiger partial charge in [0.15, 0.2) is 0 Å². The number of hydrogen-bond acceptors (Lipinski definition) is 2. The molecule has 1 aromatic heterocycles. The summed E-state index contributed by atoms with van der Waals surface area (Å²) in [6, 6.07) is 2.59. The van der Waals surface area contributed by atoms with Crippen molar-refractivity contribution in [1.82, 2.24) is 5.32 Å². The molecule has 2 unspecified atom stereocenters. The van der Waals surface area contributed by atoms with Gasteiger partial charge in [0, 0.05) is 27.3 Å². The van der Waals surface area contributed by atoms with Crippen LogP contribution in [0.3, 0.4) is 0 Å². The van der Waals surface area contributed by atoms with Gasteiger partial charge in [-0.15, -0.1) is 22.9 Å². The van der Waals surface area contributed by atoms with Crippen LogP contribution in [0.2, 0.25) is 0 Å². The Morgan fingerprint density at radius 3 is 2.94 bits per heavy atom. The van der Waals surface area contributed by atoms with E-state index in [1.165, 1.54) is 35.0 Å². The first kappa shape index (κ1) is 12.9. The molecule has 0 aromatic carbocycles. The van der Waals surface area contributed by atoms with E-state index in [0.29, 0.717) is 11.4 Å². The second kappa shape index (κ2) is 6.39. The van der Waals surface area contributed by atoms with Crippen LogP contribution in [0.25, 0.3) is 0 Å². The fraction of sp³-hybridized carbons (Fsp3) is 0.667. The van der Waals surface area contributed by atoms with Crippen LogP contribution in [-0.4, -0.2) is 11.4 Å². The van der Waals surface area contributed by atoms with E-state index < -0.39 is 0 Å². The molecule has 90 valence electrons. The summed E-state index contributed by atoms with van der Waals surface area (Å²) >= 11 is 11.7. The van der Waals surface area contributed by atoms with Gasteiger partial charge in [0.2, 0.25) is 0 Å². The molecule has 0 aliphatic heterocycles. The highest BCUT2D eigenvalue weighted by molar-refractivity contribution is 9.10. The molecular weight excluding hydrogens is 306 g/mol. The fourth-order valence-electron chi connectivity index (χ4n) is 2.17. The Labute approximate surface area is 115 Å². The Bertz CT molecular complexity index is 329. The zero-order valence-electron chi connectivity index (χ0n) is 9.22. The Morgan fingerprint density at radius 1 is 1.38 bits per heavy atom. The maximum atomic E-state index is 6.40. The van der Waals surface area contributed by atoms with E-state index in [0.717, 1.165) is 13.0 Å². The molecule has 1 aromatic rings. The second-order valence-electron chi connectivity index (χ2n) is 4.33. The van der Waals surface area contributed by atoms with Crippen molar-refractivity contribution >= 4 is 38.9 Å². The molecule has 0 radical (unpaired) electrons. The highest BCUT2D eigenvalue weighted by Crippen LogP contribution is 2.25. The third-order valence-corrected chi connectivity index (χ3v) is 5.60. The van der Waals surface area contributed by atoms with Gasteiger partial charge in [0.25, 0.3) is 0 Å². The van der Waals surface area contributed by atoms with Crippen molar-refractivity contribution in [2.24, 2.45) is 0 Å². The second-order valence-corrected chi connectivity index (χ2v) is 6.75. The SMILES string of the molecule is ClC1CCCCCC1NCc1sccc1Br. The Hall–Kier alpha value is 0.430. The number of alkyl halides is 1. The van der Waals surface area contributed by atoms with Crippen LogP contribution in [-0.2, 0) is 6.54 Å². The van der Waals surface area contributed by atoms with Gasteiger partial charge in [-0.05, 0) is 40.2 Å². The molecule has 0 bridgehead atoms. The van der Waals surface area contributed by atoms with Crippen LogP contribution >= 0.6 is 38.9 Å². The molecule has 1 aliphatic carbocycles. The number of nitrogens with one attached hydrogen (secondary N) is 1. The van der Waals surface area contributed by atoms with Crippen molar-refractivity contribution in [1.29, 1.82) is 0 Å². The van der Waals surface area contributed by atoms with E-state index in [4.69, 9.17) is 11.6 Å². The fourth-order valence-corrected chi connectivity index (χ4v) is 3.98. The van der Waals surface area contributed by atoms with E-state index in [-0.39, 0.29) is 0 Å². The van der Waals surface area contributed by atoms with E-state index in [2.05, 4.69) is 32.7 Å². The van der Waals surface area contributed by atoms with Crippen molar-refractivity contribution in [2.75, 3.05) is 0 Å². The number of hydrogen-bond donors (Lipinski definition) is 1. The molecule has 0 saturated heterocycles. The van der Waals surface area contributed by atoms with Gasteiger partial charge >= 0.3 is 0 Å². The normalized spacial score (nSPS) is 26.6. The lowest BCUT2D eigenvalue weighted by Crippen LogP contribution is -2.35. The molecule has 1 nitrogen and oxygen atoms in total. The van der Waals surface area contributed by atoms with Crippen molar-refractivity contribution in [3.8, 4) is 0 Å². The molecule has 1 aliphatic rings. The molecule has 0 amide bonds. The number of halogens is 2. The monoisotopic (exact) mass is 321 g/mol. The smallest absolute Gasteiger partial charge is 0.0489 e. The molecule has 1 N–H and O–H groups in total. The van der Waals surface area contributed by atoms with Gasteiger partial charge in [-0.25, -0.2) is 0 Å². The van der Waals surface area contributed by atoms with Gasteiger partial charge in [-0.2, -0.15) is 0 Å². The van der Waals surface area contributed by atoms with Crippen LogP contribution in [0.4, 0.5) is 0 Å². The topological polar surface area (TPSA) is 12.0 Å². The molecule has 1 heterocycles. The third-order valence-electron chi connectivity index (χ3n) is 3.15. The van der Waals surface area contributed by atoms with Crippen LogP contribution < -0.4 is 5.32 Å². The van der Waals surface area contributed by atoms with E-state index >= 15 is 0 Å². The van der Waals surface area contributed by atoms with Crippen LogP contribution in [0.1, 0.15) is 37.0 Å². The average Bonchev–Trinajstić information content (AvgIpc) is 2.56. The zero-order valence-corrected chi connectivity index (χ0v) is 12.4. The molecule has 4 heteroatoms.